The van der Waals surface area contributed by atoms with Gasteiger partial charge in [0.1, 0.15) is 18.5 Å². The number of fused-ring (bicyclic) bond motifs is 3. The van der Waals surface area contributed by atoms with Crippen LogP contribution in [0.25, 0.3) is 11.1 Å². The predicted molar refractivity (Wildman–Crippen MR) is 130 cm³/mol. The Morgan fingerprint density at radius 3 is 2.31 bits per heavy atom. The van der Waals surface area contributed by atoms with Crippen molar-refractivity contribution in [3.05, 3.63) is 89.2 Å². The number of carboxylic acids is 1. The highest BCUT2D eigenvalue weighted by Gasteiger charge is 2.36. The normalized spacial score (nSPS) is 16.5. The van der Waals surface area contributed by atoms with Crippen molar-refractivity contribution < 1.29 is 28.6 Å². The summed E-state index contributed by atoms with van der Waals surface area (Å²) in [6.45, 7) is 0.113. The maximum atomic E-state index is 14.7. The summed E-state index contributed by atoms with van der Waals surface area (Å²) < 4.78 is 20.2. The Morgan fingerprint density at radius 2 is 1.69 bits per heavy atom. The molecule has 1 saturated heterocycles. The molecule has 1 heterocycles. The molecule has 5 rings (SSSR count). The topological polar surface area (TPSA) is 95.9 Å². The van der Waals surface area contributed by atoms with Crippen molar-refractivity contribution in [1.29, 1.82) is 0 Å². The van der Waals surface area contributed by atoms with E-state index >= 15 is 0 Å². The Hall–Kier alpha value is -3.85. The number of anilines is 1. The van der Waals surface area contributed by atoms with Crippen LogP contribution in [0.2, 0.25) is 0 Å². The molecule has 9 heteroatoms. The highest BCUT2D eigenvalue weighted by Crippen LogP contribution is 2.44. The minimum absolute atomic E-state index is 0.106. The van der Waals surface area contributed by atoms with Crippen LogP contribution in [0.5, 0.6) is 0 Å². The second-order valence-electron chi connectivity index (χ2n) is 8.27. The molecule has 3 aromatic rings. The van der Waals surface area contributed by atoms with Crippen LogP contribution in [0.1, 0.15) is 27.4 Å². The van der Waals surface area contributed by atoms with Crippen LogP contribution in [-0.2, 0) is 9.53 Å². The molecule has 1 fully saturated rings. The number of nitrogens with one attached hydrogen (secondary N) is 1. The third-order valence-electron chi connectivity index (χ3n) is 6.22. The number of benzene rings is 3. The quantitative estimate of drug-likeness (QED) is 0.532. The molecular weight excluding hydrogens is 471 g/mol. The van der Waals surface area contributed by atoms with E-state index in [9.17, 15) is 23.9 Å². The molecule has 0 saturated carbocycles. The van der Waals surface area contributed by atoms with Crippen LogP contribution in [0.3, 0.4) is 0 Å². The van der Waals surface area contributed by atoms with Gasteiger partial charge in [-0.2, -0.15) is 0 Å². The van der Waals surface area contributed by atoms with Gasteiger partial charge in [0.25, 0.3) is 5.91 Å². The Kier molecular flexibility index (Phi) is 6.17. The van der Waals surface area contributed by atoms with E-state index in [1.54, 1.807) is 0 Å². The van der Waals surface area contributed by atoms with Crippen molar-refractivity contribution in [3.8, 4) is 11.1 Å². The Bertz CT molecular complexity index is 1290. The van der Waals surface area contributed by atoms with E-state index in [-0.39, 0.29) is 35.4 Å². The molecule has 1 atom stereocenters. The summed E-state index contributed by atoms with van der Waals surface area (Å²) in [5.74, 6) is -2.36. The monoisotopic (exact) mass is 492 g/mol. The third kappa shape index (κ3) is 4.35. The molecule has 178 valence electrons. The van der Waals surface area contributed by atoms with Crippen LogP contribution < -0.4 is 5.32 Å². The lowest BCUT2D eigenvalue weighted by Gasteiger charge is -2.21. The van der Waals surface area contributed by atoms with E-state index in [2.05, 4.69) is 5.32 Å². The summed E-state index contributed by atoms with van der Waals surface area (Å²) in [7, 11) is 0. The van der Waals surface area contributed by atoms with Gasteiger partial charge < -0.3 is 14.7 Å². The lowest BCUT2D eigenvalue weighted by atomic mass is 9.98. The van der Waals surface area contributed by atoms with Crippen LogP contribution >= 0.6 is 11.8 Å². The molecule has 35 heavy (non-hydrogen) atoms. The number of halogens is 1. The molecule has 0 unspecified atom stereocenters. The molecule has 1 aliphatic carbocycles. The van der Waals surface area contributed by atoms with Crippen molar-refractivity contribution in [2.75, 3.05) is 23.6 Å². The first-order valence-corrected chi connectivity index (χ1v) is 12.1. The van der Waals surface area contributed by atoms with Gasteiger partial charge in [0.2, 0.25) is 0 Å². The number of amides is 2. The SMILES string of the molecule is O=C(Nc1ccc(C(=O)N2CSC[C@H]2C(=O)O)c(F)c1)OCC1c2ccccc2-c2ccccc21. The molecule has 0 radical (unpaired) electrons. The van der Waals surface area contributed by atoms with Crippen molar-refractivity contribution in [1.82, 2.24) is 4.90 Å². The van der Waals surface area contributed by atoms with Gasteiger partial charge in [-0.25, -0.2) is 14.0 Å². The van der Waals surface area contributed by atoms with Gasteiger partial charge in [-0.1, -0.05) is 48.5 Å². The number of thioether (sulfide) groups is 1. The largest absolute Gasteiger partial charge is 0.480 e. The van der Waals surface area contributed by atoms with Gasteiger partial charge in [-0.15, -0.1) is 11.8 Å². The van der Waals surface area contributed by atoms with Gasteiger partial charge in [-0.3, -0.25) is 10.1 Å². The van der Waals surface area contributed by atoms with Crippen LogP contribution in [-0.4, -0.2) is 52.3 Å². The second kappa shape index (κ2) is 9.42. The third-order valence-corrected chi connectivity index (χ3v) is 7.23. The Morgan fingerprint density at radius 1 is 1.03 bits per heavy atom. The van der Waals surface area contributed by atoms with E-state index in [1.807, 2.05) is 48.5 Å². The summed E-state index contributed by atoms with van der Waals surface area (Å²) in [6.07, 6.45) is -0.743. The number of hydrogen-bond donors (Lipinski definition) is 2. The van der Waals surface area contributed by atoms with Crippen molar-refractivity contribution in [2.45, 2.75) is 12.0 Å². The Balaban J connectivity index is 1.25. The number of ether oxygens (including phenoxy) is 1. The molecule has 0 aromatic heterocycles. The number of nitrogens with zero attached hydrogens (tertiary/aromatic N) is 1. The zero-order valence-electron chi connectivity index (χ0n) is 18.4. The van der Waals surface area contributed by atoms with Crippen molar-refractivity contribution in [2.24, 2.45) is 0 Å². The minimum atomic E-state index is -1.13. The van der Waals surface area contributed by atoms with Gasteiger partial charge >= 0.3 is 12.1 Å². The molecule has 2 aliphatic rings. The predicted octanol–water partition coefficient (Wildman–Crippen LogP) is 4.79. The van der Waals surface area contributed by atoms with Crippen LogP contribution in [0.4, 0.5) is 14.9 Å². The number of carbonyl (C=O) groups excluding carboxylic acids is 2. The van der Waals surface area contributed by atoms with E-state index in [4.69, 9.17) is 4.74 Å². The summed E-state index contributed by atoms with van der Waals surface area (Å²) in [5, 5.41) is 11.8. The zero-order chi connectivity index (χ0) is 24.5. The molecule has 7 nitrogen and oxygen atoms in total. The molecule has 0 spiro atoms. The number of rotatable bonds is 5. The lowest BCUT2D eigenvalue weighted by Crippen LogP contribution is -2.42. The highest BCUT2D eigenvalue weighted by atomic mass is 32.2. The summed E-state index contributed by atoms with van der Waals surface area (Å²) in [5.41, 5.74) is 4.26. The second-order valence-corrected chi connectivity index (χ2v) is 9.27. The van der Waals surface area contributed by atoms with Gasteiger partial charge in [0.05, 0.1) is 11.4 Å². The number of carbonyl (C=O) groups is 3. The first-order valence-electron chi connectivity index (χ1n) is 11.0. The maximum Gasteiger partial charge on any atom is 0.411 e. The van der Waals surface area contributed by atoms with E-state index in [0.717, 1.165) is 33.2 Å². The molecule has 1 aliphatic heterocycles. The van der Waals surface area contributed by atoms with E-state index in [0.29, 0.717) is 0 Å². The average Bonchev–Trinajstić information content (AvgIpc) is 3.46. The van der Waals surface area contributed by atoms with E-state index in [1.165, 1.54) is 23.9 Å². The summed E-state index contributed by atoms with van der Waals surface area (Å²) in [4.78, 5) is 37.6. The summed E-state index contributed by atoms with van der Waals surface area (Å²) >= 11 is 1.29. The van der Waals surface area contributed by atoms with Gasteiger partial charge in [-0.05, 0) is 40.5 Å². The minimum Gasteiger partial charge on any atom is -0.480 e. The fraction of sp³-hybridized carbons (Fsp3) is 0.192. The van der Waals surface area contributed by atoms with Gasteiger partial charge in [0, 0.05) is 17.4 Å². The van der Waals surface area contributed by atoms with Crippen molar-refractivity contribution >= 4 is 35.4 Å². The lowest BCUT2D eigenvalue weighted by molar-refractivity contribution is -0.140. The average molecular weight is 493 g/mol. The van der Waals surface area contributed by atoms with Crippen LogP contribution in [0.15, 0.2) is 66.7 Å². The molecule has 2 N–H and O–H groups in total. The fourth-order valence-electron chi connectivity index (χ4n) is 4.52. The summed E-state index contributed by atoms with van der Waals surface area (Å²) in [6, 6.07) is 18.6. The highest BCUT2D eigenvalue weighted by molar-refractivity contribution is 7.99. The number of carboxylic acid groups (broad SMARTS) is 1. The zero-order valence-corrected chi connectivity index (χ0v) is 19.3. The standard InChI is InChI=1S/C26H21FN2O5S/c27-22-11-15(9-10-20(22)24(30)29-14-35-13-23(29)25(31)32)28-26(33)34-12-21-18-7-3-1-5-16(18)17-6-2-4-8-19(17)21/h1-11,21,23H,12-14H2,(H,28,33)(H,31,32)/t23-/m0/s1. The Labute approximate surface area is 204 Å². The number of aliphatic carboxylic acids is 1. The molecule has 0 bridgehead atoms. The first kappa shape index (κ1) is 22.9. The van der Waals surface area contributed by atoms with Gasteiger partial charge in [0.15, 0.2) is 0 Å². The number of hydrogen-bond acceptors (Lipinski definition) is 5. The smallest absolute Gasteiger partial charge is 0.411 e. The molecule has 2 amide bonds. The van der Waals surface area contributed by atoms with Crippen LogP contribution in [0, 0.1) is 5.82 Å². The van der Waals surface area contributed by atoms with Crippen molar-refractivity contribution in [3.63, 3.8) is 0 Å². The molecular formula is C26H21FN2O5S. The fourth-order valence-corrected chi connectivity index (χ4v) is 5.67. The first-order chi connectivity index (χ1) is 16.9. The van der Waals surface area contributed by atoms with E-state index < -0.39 is 29.8 Å². The maximum absolute atomic E-state index is 14.7. The molecule has 3 aromatic carbocycles.